The van der Waals surface area contributed by atoms with Crippen molar-refractivity contribution in [1.29, 1.82) is 0 Å². The van der Waals surface area contributed by atoms with Crippen LogP contribution in [-0.4, -0.2) is 35.7 Å². The minimum atomic E-state index is -3.88. The average Bonchev–Trinajstić information content (AvgIpc) is 2.61. The van der Waals surface area contributed by atoms with Gasteiger partial charge in [-0.3, -0.25) is 4.72 Å². The van der Waals surface area contributed by atoms with E-state index in [4.69, 9.17) is 14.2 Å². The number of ether oxygens (including phenoxy) is 3. The first-order valence-corrected chi connectivity index (χ1v) is 8.33. The molecule has 0 aliphatic heterocycles. The summed E-state index contributed by atoms with van der Waals surface area (Å²) in [5.74, 6) is -0.154. The Morgan fingerprint density at radius 3 is 2.08 bits per heavy atom. The van der Waals surface area contributed by atoms with Crippen LogP contribution in [0.3, 0.4) is 0 Å². The molecule has 0 unspecified atom stereocenters. The summed E-state index contributed by atoms with van der Waals surface area (Å²) in [7, 11) is 0.144. The average molecular weight is 351 g/mol. The molecule has 0 atom stereocenters. The molecule has 0 saturated heterocycles. The van der Waals surface area contributed by atoms with Gasteiger partial charge in [0.05, 0.1) is 37.5 Å². The highest BCUT2D eigenvalue weighted by molar-refractivity contribution is 7.92. The molecule has 0 aliphatic carbocycles. The van der Waals surface area contributed by atoms with Crippen LogP contribution in [0.1, 0.15) is 10.4 Å². The van der Waals surface area contributed by atoms with Gasteiger partial charge in [0.25, 0.3) is 10.0 Å². The summed E-state index contributed by atoms with van der Waals surface area (Å²) in [6, 6.07) is 10.5. The number of esters is 1. The fourth-order valence-electron chi connectivity index (χ4n) is 2.05. The first-order chi connectivity index (χ1) is 11.4. The summed E-state index contributed by atoms with van der Waals surface area (Å²) in [5.41, 5.74) is 0.0398. The van der Waals surface area contributed by atoms with E-state index in [1.807, 2.05) is 0 Å². The van der Waals surface area contributed by atoms with E-state index in [1.54, 1.807) is 18.2 Å². The second-order valence-electron chi connectivity index (χ2n) is 4.66. The van der Waals surface area contributed by atoms with Gasteiger partial charge in [-0.15, -0.1) is 0 Å². The van der Waals surface area contributed by atoms with E-state index in [0.29, 0.717) is 0 Å². The number of carbonyl (C=O) groups is 1. The Bertz CT molecular complexity index is 833. The van der Waals surface area contributed by atoms with Crippen LogP contribution in [0.2, 0.25) is 0 Å². The molecular weight excluding hydrogens is 334 g/mol. The third-order valence-electron chi connectivity index (χ3n) is 3.23. The van der Waals surface area contributed by atoms with E-state index in [1.165, 1.54) is 45.6 Å². The molecule has 8 heteroatoms. The first-order valence-electron chi connectivity index (χ1n) is 6.85. The normalized spacial score (nSPS) is 10.8. The number of rotatable bonds is 6. The smallest absolute Gasteiger partial charge is 0.340 e. The van der Waals surface area contributed by atoms with Crippen molar-refractivity contribution < 1.29 is 27.4 Å². The van der Waals surface area contributed by atoms with Crippen LogP contribution in [0.4, 0.5) is 5.69 Å². The molecular formula is C16H17NO6S. The molecule has 0 heterocycles. The molecule has 0 saturated carbocycles. The molecule has 0 amide bonds. The maximum Gasteiger partial charge on any atom is 0.340 e. The Balaban J connectivity index is 2.54. The first kappa shape index (κ1) is 17.6. The van der Waals surface area contributed by atoms with Gasteiger partial charge < -0.3 is 14.2 Å². The number of hydrogen-bond acceptors (Lipinski definition) is 6. The lowest BCUT2D eigenvalue weighted by Crippen LogP contribution is -2.16. The Hall–Kier alpha value is -2.74. The molecule has 0 aromatic heterocycles. The van der Waals surface area contributed by atoms with Crippen LogP contribution < -0.4 is 14.2 Å². The van der Waals surface area contributed by atoms with Crippen LogP contribution in [-0.2, 0) is 14.8 Å². The van der Waals surface area contributed by atoms with Gasteiger partial charge in [0.2, 0.25) is 0 Å². The zero-order chi connectivity index (χ0) is 17.7. The highest BCUT2D eigenvalue weighted by Gasteiger charge is 2.22. The van der Waals surface area contributed by atoms with Crippen molar-refractivity contribution in [3.05, 3.63) is 48.0 Å². The number of nitrogens with one attached hydrogen (secondary N) is 1. The Morgan fingerprint density at radius 1 is 0.958 bits per heavy atom. The highest BCUT2D eigenvalue weighted by Crippen LogP contribution is 2.34. The monoisotopic (exact) mass is 351 g/mol. The fourth-order valence-corrected chi connectivity index (χ4v) is 3.14. The van der Waals surface area contributed by atoms with Gasteiger partial charge in [-0.05, 0) is 12.1 Å². The molecule has 128 valence electrons. The van der Waals surface area contributed by atoms with Gasteiger partial charge in [-0.1, -0.05) is 18.2 Å². The largest absolute Gasteiger partial charge is 0.493 e. The lowest BCUT2D eigenvalue weighted by Gasteiger charge is -2.15. The summed E-state index contributed by atoms with van der Waals surface area (Å²) in [5, 5.41) is 0. The number of anilines is 1. The summed E-state index contributed by atoms with van der Waals surface area (Å²) in [6.45, 7) is 0. The zero-order valence-electron chi connectivity index (χ0n) is 13.4. The SMILES string of the molecule is COC(=O)c1cc(OC)c(OC)cc1NS(=O)(=O)c1ccccc1. The van der Waals surface area contributed by atoms with Gasteiger partial charge in [0, 0.05) is 12.1 Å². The van der Waals surface area contributed by atoms with Crippen molar-refractivity contribution in [2.45, 2.75) is 4.90 Å². The van der Waals surface area contributed by atoms with E-state index in [2.05, 4.69) is 4.72 Å². The number of sulfonamides is 1. The molecule has 0 aliphatic rings. The summed E-state index contributed by atoms with van der Waals surface area (Å²) in [4.78, 5) is 12.0. The van der Waals surface area contributed by atoms with Crippen molar-refractivity contribution in [2.75, 3.05) is 26.1 Å². The molecule has 7 nitrogen and oxygen atoms in total. The number of carbonyl (C=O) groups excluding carboxylic acids is 1. The summed E-state index contributed by atoms with van der Waals surface area (Å²) in [6.07, 6.45) is 0. The maximum atomic E-state index is 12.5. The van der Waals surface area contributed by atoms with Crippen LogP contribution in [0.5, 0.6) is 11.5 Å². The van der Waals surface area contributed by atoms with Gasteiger partial charge in [-0.2, -0.15) is 0 Å². The van der Waals surface area contributed by atoms with E-state index in [-0.39, 0.29) is 27.6 Å². The third-order valence-corrected chi connectivity index (χ3v) is 4.61. The fraction of sp³-hybridized carbons (Fsp3) is 0.188. The van der Waals surface area contributed by atoms with Gasteiger partial charge >= 0.3 is 5.97 Å². The quantitative estimate of drug-likeness (QED) is 0.803. The molecule has 1 N–H and O–H groups in total. The van der Waals surface area contributed by atoms with Gasteiger partial charge in [0.15, 0.2) is 11.5 Å². The van der Waals surface area contributed by atoms with E-state index in [9.17, 15) is 13.2 Å². The van der Waals surface area contributed by atoms with Crippen LogP contribution in [0.25, 0.3) is 0 Å². The van der Waals surface area contributed by atoms with Crippen molar-refractivity contribution in [3.8, 4) is 11.5 Å². The van der Waals surface area contributed by atoms with Gasteiger partial charge in [0.1, 0.15) is 0 Å². The van der Waals surface area contributed by atoms with Crippen molar-refractivity contribution in [3.63, 3.8) is 0 Å². The molecule has 0 bridgehead atoms. The highest BCUT2D eigenvalue weighted by atomic mass is 32.2. The van der Waals surface area contributed by atoms with Crippen molar-refractivity contribution >= 4 is 21.7 Å². The number of benzene rings is 2. The lowest BCUT2D eigenvalue weighted by atomic mass is 10.1. The van der Waals surface area contributed by atoms with Crippen molar-refractivity contribution in [1.82, 2.24) is 0 Å². The lowest BCUT2D eigenvalue weighted by molar-refractivity contribution is 0.0601. The van der Waals surface area contributed by atoms with Gasteiger partial charge in [-0.25, -0.2) is 13.2 Å². The molecule has 0 radical (unpaired) electrons. The third kappa shape index (κ3) is 3.60. The Morgan fingerprint density at radius 2 is 1.54 bits per heavy atom. The molecule has 2 rings (SSSR count). The second kappa shape index (κ2) is 7.22. The topological polar surface area (TPSA) is 90.9 Å². The Kier molecular flexibility index (Phi) is 5.30. The summed E-state index contributed by atoms with van der Waals surface area (Å²) >= 11 is 0. The van der Waals surface area contributed by atoms with Crippen molar-refractivity contribution in [2.24, 2.45) is 0 Å². The maximum absolute atomic E-state index is 12.5. The van der Waals surface area contributed by atoms with E-state index >= 15 is 0 Å². The van der Waals surface area contributed by atoms with Crippen LogP contribution >= 0.6 is 0 Å². The molecule has 0 fully saturated rings. The zero-order valence-corrected chi connectivity index (χ0v) is 14.2. The van der Waals surface area contributed by atoms with Crippen LogP contribution in [0, 0.1) is 0 Å². The summed E-state index contributed by atoms with van der Waals surface area (Å²) < 4.78 is 42.3. The minimum absolute atomic E-state index is 0.00894. The molecule has 24 heavy (non-hydrogen) atoms. The van der Waals surface area contributed by atoms with E-state index in [0.717, 1.165) is 0 Å². The number of methoxy groups -OCH3 is 3. The van der Waals surface area contributed by atoms with E-state index < -0.39 is 16.0 Å². The minimum Gasteiger partial charge on any atom is -0.493 e. The predicted molar refractivity (Wildman–Crippen MR) is 88.1 cm³/mol. The Labute approximate surface area is 140 Å². The van der Waals surface area contributed by atoms with Crippen LogP contribution in [0.15, 0.2) is 47.4 Å². The molecule has 2 aromatic carbocycles. The number of hydrogen-bond donors (Lipinski definition) is 1. The molecule has 0 spiro atoms. The standard InChI is InChI=1S/C16H17NO6S/c1-21-14-9-12(16(18)23-3)13(10-15(14)22-2)17-24(19,20)11-7-5-4-6-8-11/h4-10,17H,1-3H3. The molecule has 2 aromatic rings. The second-order valence-corrected chi connectivity index (χ2v) is 6.35. The predicted octanol–water partition coefficient (Wildman–Crippen LogP) is 2.29.